The van der Waals surface area contributed by atoms with E-state index >= 15 is 0 Å². The number of hydrogen-bond acceptors (Lipinski definition) is 5. The molecule has 0 spiro atoms. The van der Waals surface area contributed by atoms with Gasteiger partial charge in [-0.2, -0.15) is 5.10 Å². The number of para-hydroxylation sites is 1. The van der Waals surface area contributed by atoms with E-state index in [1.165, 1.54) is 13.1 Å². The number of nitrogens with zero attached hydrogens (tertiary/aromatic N) is 1. The number of methoxy groups -OCH3 is 1. The molecule has 1 atom stereocenters. The van der Waals surface area contributed by atoms with Gasteiger partial charge in [0.2, 0.25) is 5.91 Å². The summed E-state index contributed by atoms with van der Waals surface area (Å²) < 4.78 is 11.7. The van der Waals surface area contributed by atoms with Crippen LogP contribution in [0.25, 0.3) is 0 Å². The number of ether oxygens (including phenoxy) is 2. The van der Waals surface area contributed by atoms with E-state index in [1.807, 2.05) is 13.0 Å². The molecule has 0 saturated carbocycles. The molecular formula is C21H24BrN3O4. The summed E-state index contributed by atoms with van der Waals surface area (Å²) in [5.74, 6) is -0.634. The predicted octanol–water partition coefficient (Wildman–Crippen LogP) is 3.97. The quantitative estimate of drug-likeness (QED) is 0.335. The minimum absolute atomic E-state index is 0.427. The number of hydrazone groups is 1. The Balaban J connectivity index is 1.94. The third-order valence-electron chi connectivity index (χ3n) is 3.96. The highest BCUT2D eigenvalue weighted by molar-refractivity contribution is 9.10. The van der Waals surface area contributed by atoms with E-state index in [2.05, 4.69) is 31.8 Å². The minimum Gasteiger partial charge on any atom is -0.493 e. The molecule has 0 aliphatic rings. The van der Waals surface area contributed by atoms with Crippen LogP contribution >= 0.6 is 15.9 Å². The summed E-state index contributed by atoms with van der Waals surface area (Å²) >= 11 is 3.35. The van der Waals surface area contributed by atoms with Crippen LogP contribution in [0.4, 0.5) is 5.69 Å². The van der Waals surface area contributed by atoms with Crippen molar-refractivity contribution in [3.63, 3.8) is 0 Å². The van der Waals surface area contributed by atoms with E-state index in [1.54, 1.807) is 43.5 Å². The number of anilines is 1. The number of carbonyl (C=O) groups is 2. The zero-order valence-electron chi connectivity index (χ0n) is 16.6. The van der Waals surface area contributed by atoms with Crippen molar-refractivity contribution in [1.82, 2.24) is 5.43 Å². The van der Waals surface area contributed by atoms with Gasteiger partial charge in [-0.05, 0) is 65.2 Å². The molecule has 1 unspecified atom stereocenters. The van der Waals surface area contributed by atoms with E-state index < -0.39 is 17.7 Å². The van der Waals surface area contributed by atoms with Gasteiger partial charge in [0.1, 0.15) is 5.92 Å². The van der Waals surface area contributed by atoms with Crippen LogP contribution in [0.5, 0.6) is 11.5 Å². The molecule has 0 aliphatic heterocycles. The van der Waals surface area contributed by atoms with Gasteiger partial charge in [0.25, 0.3) is 5.91 Å². The Kier molecular flexibility index (Phi) is 8.67. The fourth-order valence-corrected chi connectivity index (χ4v) is 2.67. The van der Waals surface area contributed by atoms with Gasteiger partial charge in [0.05, 0.1) is 25.6 Å². The zero-order chi connectivity index (χ0) is 21.2. The van der Waals surface area contributed by atoms with Crippen LogP contribution in [0.1, 0.15) is 25.8 Å². The highest BCUT2D eigenvalue weighted by atomic mass is 79.9. The van der Waals surface area contributed by atoms with Crippen molar-refractivity contribution < 1.29 is 19.1 Å². The second-order valence-electron chi connectivity index (χ2n) is 6.18. The SMILES string of the molecule is CCCOc1ccc(C=NNC(=O)C(C)C(=O)Nc2ccccc2Br)cc1OC. The summed E-state index contributed by atoms with van der Waals surface area (Å²) in [5, 5.41) is 6.63. The Labute approximate surface area is 178 Å². The maximum atomic E-state index is 12.3. The molecule has 2 rings (SSSR count). The predicted molar refractivity (Wildman–Crippen MR) is 116 cm³/mol. The largest absolute Gasteiger partial charge is 0.493 e. The van der Waals surface area contributed by atoms with Crippen LogP contribution < -0.4 is 20.2 Å². The van der Waals surface area contributed by atoms with Crippen molar-refractivity contribution in [1.29, 1.82) is 0 Å². The van der Waals surface area contributed by atoms with E-state index in [0.29, 0.717) is 23.8 Å². The van der Waals surface area contributed by atoms with Crippen LogP contribution in [0.2, 0.25) is 0 Å². The number of rotatable bonds is 9. The standard InChI is InChI=1S/C21H24BrN3O4/c1-4-11-29-18-10-9-15(12-19(18)28-3)13-23-25-21(27)14(2)20(26)24-17-8-6-5-7-16(17)22/h5-10,12-14H,4,11H2,1-3H3,(H,24,26)(H,25,27). The number of amides is 2. The second-order valence-corrected chi connectivity index (χ2v) is 7.04. The van der Waals surface area contributed by atoms with Crippen LogP contribution in [0.15, 0.2) is 52.0 Å². The van der Waals surface area contributed by atoms with Gasteiger partial charge in [-0.3, -0.25) is 9.59 Å². The molecule has 0 radical (unpaired) electrons. The van der Waals surface area contributed by atoms with Crippen LogP contribution in [-0.4, -0.2) is 31.7 Å². The Morgan fingerprint density at radius 1 is 1.17 bits per heavy atom. The zero-order valence-corrected chi connectivity index (χ0v) is 18.2. The lowest BCUT2D eigenvalue weighted by Gasteiger charge is -2.12. The summed E-state index contributed by atoms with van der Waals surface area (Å²) in [7, 11) is 1.56. The monoisotopic (exact) mass is 461 g/mol. The molecule has 2 aromatic carbocycles. The maximum absolute atomic E-state index is 12.3. The fourth-order valence-electron chi connectivity index (χ4n) is 2.29. The normalized spacial score (nSPS) is 11.7. The molecule has 0 saturated heterocycles. The third kappa shape index (κ3) is 6.60. The Morgan fingerprint density at radius 3 is 2.62 bits per heavy atom. The smallest absolute Gasteiger partial charge is 0.252 e. The Morgan fingerprint density at radius 2 is 1.93 bits per heavy atom. The lowest BCUT2D eigenvalue weighted by molar-refractivity contribution is -0.131. The molecule has 7 nitrogen and oxygen atoms in total. The first-order chi connectivity index (χ1) is 14.0. The van der Waals surface area contributed by atoms with Gasteiger partial charge in [-0.1, -0.05) is 19.1 Å². The van der Waals surface area contributed by atoms with E-state index in [9.17, 15) is 9.59 Å². The second kappa shape index (κ2) is 11.2. The van der Waals surface area contributed by atoms with Crippen LogP contribution in [-0.2, 0) is 9.59 Å². The number of benzene rings is 2. The molecule has 2 aromatic rings. The van der Waals surface area contributed by atoms with Gasteiger partial charge in [0, 0.05) is 4.47 Å². The summed E-state index contributed by atoms with van der Waals surface area (Å²) in [6.07, 6.45) is 2.37. The number of carbonyl (C=O) groups excluding carboxylic acids is 2. The topological polar surface area (TPSA) is 89.0 Å². The molecule has 154 valence electrons. The van der Waals surface area contributed by atoms with Gasteiger partial charge in [-0.15, -0.1) is 0 Å². The highest BCUT2D eigenvalue weighted by Crippen LogP contribution is 2.27. The lowest BCUT2D eigenvalue weighted by Crippen LogP contribution is -2.34. The van der Waals surface area contributed by atoms with Crippen molar-refractivity contribution in [2.24, 2.45) is 11.0 Å². The lowest BCUT2D eigenvalue weighted by atomic mass is 10.1. The van der Waals surface area contributed by atoms with E-state index in [4.69, 9.17) is 9.47 Å². The number of hydrogen-bond donors (Lipinski definition) is 2. The van der Waals surface area contributed by atoms with Crippen molar-refractivity contribution >= 4 is 39.6 Å². The molecule has 2 amide bonds. The molecule has 0 heterocycles. The molecule has 0 aromatic heterocycles. The molecule has 0 bridgehead atoms. The summed E-state index contributed by atoms with van der Waals surface area (Å²) in [5.41, 5.74) is 3.70. The Hall–Kier alpha value is -2.87. The maximum Gasteiger partial charge on any atom is 0.252 e. The highest BCUT2D eigenvalue weighted by Gasteiger charge is 2.21. The average Bonchev–Trinajstić information content (AvgIpc) is 2.73. The van der Waals surface area contributed by atoms with Crippen molar-refractivity contribution in [3.05, 3.63) is 52.5 Å². The van der Waals surface area contributed by atoms with Crippen LogP contribution in [0.3, 0.4) is 0 Å². The van der Waals surface area contributed by atoms with E-state index in [-0.39, 0.29) is 0 Å². The third-order valence-corrected chi connectivity index (χ3v) is 4.65. The summed E-state index contributed by atoms with van der Waals surface area (Å²) in [4.78, 5) is 24.5. The van der Waals surface area contributed by atoms with Crippen molar-refractivity contribution in [2.75, 3.05) is 19.0 Å². The first-order valence-electron chi connectivity index (χ1n) is 9.15. The fraction of sp³-hybridized carbons (Fsp3) is 0.286. The summed E-state index contributed by atoms with van der Waals surface area (Å²) in [6.45, 7) is 4.13. The molecule has 0 fully saturated rings. The van der Waals surface area contributed by atoms with E-state index in [0.717, 1.165) is 16.5 Å². The van der Waals surface area contributed by atoms with Crippen LogP contribution in [0, 0.1) is 5.92 Å². The van der Waals surface area contributed by atoms with Gasteiger partial charge in [0.15, 0.2) is 11.5 Å². The molecule has 29 heavy (non-hydrogen) atoms. The molecule has 0 aliphatic carbocycles. The summed E-state index contributed by atoms with van der Waals surface area (Å²) in [6, 6.07) is 12.5. The first-order valence-corrected chi connectivity index (χ1v) is 9.94. The number of halogens is 1. The molecule has 2 N–H and O–H groups in total. The number of nitrogens with one attached hydrogen (secondary N) is 2. The molecule has 8 heteroatoms. The van der Waals surface area contributed by atoms with Crippen molar-refractivity contribution in [3.8, 4) is 11.5 Å². The molecular weight excluding hydrogens is 438 g/mol. The average molecular weight is 462 g/mol. The van der Waals surface area contributed by atoms with Gasteiger partial charge >= 0.3 is 0 Å². The van der Waals surface area contributed by atoms with Crippen molar-refractivity contribution in [2.45, 2.75) is 20.3 Å². The first kappa shape index (κ1) is 22.4. The Bertz CT molecular complexity index is 886. The van der Waals surface area contributed by atoms with Gasteiger partial charge < -0.3 is 14.8 Å². The van der Waals surface area contributed by atoms with Gasteiger partial charge in [-0.25, -0.2) is 5.43 Å². The minimum atomic E-state index is -0.918.